The van der Waals surface area contributed by atoms with E-state index in [1.54, 1.807) is 6.33 Å². The summed E-state index contributed by atoms with van der Waals surface area (Å²) in [7, 11) is 0. The minimum Gasteiger partial charge on any atom is -0.310 e. The topological polar surface area (TPSA) is 37.8 Å². The number of nitrogens with zero attached hydrogens (tertiary/aromatic N) is 2. The van der Waals surface area contributed by atoms with Crippen LogP contribution >= 0.6 is 0 Å². The van der Waals surface area contributed by atoms with E-state index in [1.807, 2.05) is 12.4 Å². The van der Waals surface area contributed by atoms with Crippen LogP contribution in [0.3, 0.4) is 0 Å². The highest BCUT2D eigenvalue weighted by molar-refractivity contribution is 5.09. The molecule has 1 rings (SSSR count). The maximum atomic E-state index is 4.02. The molecule has 13 heavy (non-hydrogen) atoms. The molecule has 1 N–H and O–H groups in total. The lowest BCUT2D eigenvalue weighted by molar-refractivity contribution is 0.419. The van der Waals surface area contributed by atoms with Crippen molar-refractivity contribution in [2.75, 3.05) is 6.54 Å². The van der Waals surface area contributed by atoms with E-state index in [2.05, 4.69) is 36.1 Å². The van der Waals surface area contributed by atoms with Crippen LogP contribution in [0.5, 0.6) is 0 Å². The number of aromatic nitrogens is 2. The zero-order valence-corrected chi connectivity index (χ0v) is 8.49. The van der Waals surface area contributed by atoms with Crippen LogP contribution in [0.25, 0.3) is 0 Å². The van der Waals surface area contributed by atoms with Crippen molar-refractivity contribution in [1.82, 2.24) is 15.3 Å². The van der Waals surface area contributed by atoms with Gasteiger partial charge in [0, 0.05) is 24.0 Å². The van der Waals surface area contributed by atoms with E-state index in [9.17, 15) is 0 Å². The van der Waals surface area contributed by atoms with Gasteiger partial charge in [-0.05, 0) is 12.5 Å². The maximum absolute atomic E-state index is 4.02. The Bertz CT molecular complexity index is 233. The van der Waals surface area contributed by atoms with Crippen LogP contribution < -0.4 is 5.32 Å². The Morgan fingerprint density at radius 3 is 2.38 bits per heavy atom. The van der Waals surface area contributed by atoms with E-state index in [0.29, 0.717) is 12.0 Å². The first-order chi connectivity index (χ1) is 6.25. The quantitative estimate of drug-likeness (QED) is 0.765. The Labute approximate surface area is 79.6 Å². The molecular formula is C10H17N3. The summed E-state index contributed by atoms with van der Waals surface area (Å²) in [5, 5.41) is 3.42. The summed E-state index contributed by atoms with van der Waals surface area (Å²) < 4.78 is 0. The summed E-state index contributed by atoms with van der Waals surface area (Å²) in [5.41, 5.74) is 1.17. The third-order valence-corrected chi connectivity index (χ3v) is 2.03. The number of hydrogen-bond acceptors (Lipinski definition) is 3. The van der Waals surface area contributed by atoms with Gasteiger partial charge in [0.05, 0.1) is 0 Å². The molecule has 0 saturated heterocycles. The van der Waals surface area contributed by atoms with Gasteiger partial charge in [-0.1, -0.05) is 20.8 Å². The molecule has 1 aromatic heterocycles. The normalized spacial score (nSPS) is 13.2. The van der Waals surface area contributed by atoms with Gasteiger partial charge in [-0.3, -0.25) is 0 Å². The highest BCUT2D eigenvalue weighted by Crippen LogP contribution is 2.19. The van der Waals surface area contributed by atoms with Crippen LogP contribution in [0.1, 0.15) is 32.4 Å². The third-order valence-electron chi connectivity index (χ3n) is 2.03. The average Bonchev–Trinajstić information content (AvgIpc) is 2.15. The van der Waals surface area contributed by atoms with Crippen molar-refractivity contribution in [2.24, 2.45) is 5.92 Å². The first-order valence-electron chi connectivity index (χ1n) is 4.74. The van der Waals surface area contributed by atoms with E-state index in [1.165, 1.54) is 5.56 Å². The second-order valence-corrected chi connectivity index (χ2v) is 3.45. The largest absolute Gasteiger partial charge is 0.310 e. The summed E-state index contributed by atoms with van der Waals surface area (Å²) in [4.78, 5) is 8.04. The van der Waals surface area contributed by atoms with Crippen molar-refractivity contribution in [1.29, 1.82) is 0 Å². The van der Waals surface area contributed by atoms with Gasteiger partial charge in [0.1, 0.15) is 6.33 Å². The fourth-order valence-corrected chi connectivity index (χ4v) is 1.43. The smallest absolute Gasteiger partial charge is 0.115 e. The van der Waals surface area contributed by atoms with Crippen molar-refractivity contribution < 1.29 is 0 Å². The summed E-state index contributed by atoms with van der Waals surface area (Å²) in [6.45, 7) is 7.47. The Morgan fingerprint density at radius 2 is 1.92 bits per heavy atom. The van der Waals surface area contributed by atoms with Crippen LogP contribution in [0.4, 0.5) is 0 Å². The molecule has 0 aliphatic heterocycles. The second kappa shape index (κ2) is 4.92. The van der Waals surface area contributed by atoms with Gasteiger partial charge in [0.15, 0.2) is 0 Å². The third kappa shape index (κ3) is 2.77. The van der Waals surface area contributed by atoms with Crippen molar-refractivity contribution in [3.8, 4) is 0 Å². The molecule has 1 heterocycles. The minimum absolute atomic E-state index is 0.367. The standard InChI is InChI=1S/C10H17N3/c1-4-13-10(8(2)3)9-5-11-7-12-6-9/h5-8,10,13H,4H2,1-3H3. The Balaban J connectivity index is 2.76. The first-order valence-corrected chi connectivity index (χ1v) is 4.74. The molecule has 1 aromatic rings. The van der Waals surface area contributed by atoms with Crippen molar-refractivity contribution >= 4 is 0 Å². The molecule has 0 aliphatic rings. The summed E-state index contributed by atoms with van der Waals surface area (Å²) in [6, 6.07) is 0.367. The molecule has 1 atom stereocenters. The highest BCUT2D eigenvalue weighted by atomic mass is 14.9. The Morgan fingerprint density at radius 1 is 1.31 bits per heavy atom. The van der Waals surface area contributed by atoms with Crippen LogP contribution in [-0.2, 0) is 0 Å². The Hall–Kier alpha value is -0.960. The van der Waals surface area contributed by atoms with Gasteiger partial charge >= 0.3 is 0 Å². The minimum atomic E-state index is 0.367. The highest BCUT2D eigenvalue weighted by Gasteiger charge is 2.14. The lowest BCUT2D eigenvalue weighted by Crippen LogP contribution is -2.25. The SMILES string of the molecule is CCNC(c1cncnc1)C(C)C. The van der Waals surface area contributed by atoms with Gasteiger partial charge in [-0.25, -0.2) is 9.97 Å². The second-order valence-electron chi connectivity index (χ2n) is 3.45. The molecule has 0 radical (unpaired) electrons. The van der Waals surface area contributed by atoms with Crippen molar-refractivity contribution in [3.63, 3.8) is 0 Å². The monoisotopic (exact) mass is 179 g/mol. The zero-order chi connectivity index (χ0) is 9.68. The summed E-state index contributed by atoms with van der Waals surface area (Å²) in [6.07, 6.45) is 5.31. The predicted molar refractivity (Wildman–Crippen MR) is 53.3 cm³/mol. The van der Waals surface area contributed by atoms with Gasteiger partial charge in [-0.2, -0.15) is 0 Å². The Kier molecular flexibility index (Phi) is 3.83. The number of hydrogen-bond donors (Lipinski definition) is 1. The van der Waals surface area contributed by atoms with E-state index < -0.39 is 0 Å². The lowest BCUT2D eigenvalue weighted by atomic mass is 9.98. The first kappa shape index (κ1) is 10.1. The molecule has 0 fully saturated rings. The lowest BCUT2D eigenvalue weighted by Gasteiger charge is -2.21. The van der Waals surface area contributed by atoms with Gasteiger partial charge < -0.3 is 5.32 Å². The van der Waals surface area contributed by atoms with E-state index in [-0.39, 0.29) is 0 Å². The molecule has 3 nitrogen and oxygen atoms in total. The molecule has 0 amide bonds. The van der Waals surface area contributed by atoms with Crippen LogP contribution in [-0.4, -0.2) is 16.5 Å². The summed E-state index contributed by atoms with van der Waals surface area (Å²) >= 11 is 0. The molecule has 1 unspecified atom stereocenters. The molecular weight excluding hydrogens is 162 g/mol. The van der Waals surface area contributed by atoms with Gasteiger partial charge in [0.2, 0.25) is 0 Å². The van der Waals surface area contributed by atoms with E-state index in [4.69, 9.17) is 0 Å². The van der Waals surface area contributed by atoms with Crippen LogP contribution in [0.2, 0.25) is 0 Å². The molecule has 0 saturated carbocycles. The van der Waals surface area contributed by atoms with E-state index >= 15 is 0 Å². The number of rotatable bonds is 4. The maximum Gasteiger partial charge on any atom is 0.115 e. The van der Waals surface area contributed by atoms with Gasteiger partial charge in [-0.15, -0.1) is 0 Å². The zero-order valence-electron chi connectivity index (χ0n) is 8.49. The molecule has 3 heteroatoms. The fourth-order valence-electron chi connectivity index (χ4n) is 1.43. The predicted octanol–water partition coefficient (Wildman–Crippen LogP) is 1.78. The molecule has 0 bridgehead atoms. The molecule has 0 aliphatic carbocycles. The summed E-state index contributed by atoms with van der Waals surface area (Å²) in [5.74, 6) is 0.561. The molecule has 72 valence electrons. The van der Waals surface area contributed by atoms with Crippen molar-refractivity contribution in [3.05, 3.63) is 24.3 Å². The average molecular weight is 179 g/mol. The van der Waals surface area contributed by atoms with Crippen LogP contribution in [0, 0.1) is 5.92 Å². The fraction of sp³-hybridized carbons (Fsp3) is 0.600. The van der Waals surface area contributed by atoms with E-state index in [0.717, 1.165) is 6.54 Å². The number of nitrogens with one attached hydrogen (secondary N) is 1. The molecule has 0 aromatic carbocycles. The molecule has 0 spiro atoms. The van der Waals surface area contributed by atoms with Crippen molar-refractivity contribution in [2.45, 2.75) is 26.8 Å². The van der Waals surface area contributed by atoms with Gasteiger partial charge in [0.25, 0.3) is 0 Å². The van der Waals surface area contributed by atoms with Crippen LogP contribution in [0.15, 0.2) is 18.7 Å².